The standard InChI is InChI=1S/C29H27ClF3N3OS/c1-16-17(2)19(4)24(20(5)18(16)3)15-38-28(36-26-12-7-6-11-25(26)30)23(14-34)27(37)35-22-10-8-9-21(13-22)29(31,32)33/h6-13,36H,15H2,1-5H3,(H,35,37)/b28-23-. The fraction of sp³-hybridized carbons (Fsp3) is 0.241. The van der Waals surface area contributed by atoms with Gasteiger partial charge in [0.25, 0.3) is 5.91 Å². The maximum absolute atomic E-state index is 13.2. The van der Waals surface area contributed by atoms with E-state index in [1.807, 2.05) is 19.9 Å². The van der Waals surface area contributed by atoms with E-state index in [0.717, 1.165) is 28.8 Å². The highest BCUT2D eigenvalue weighted by atomic mass is 35.5. The zero-order valence-electron chi connectivity index (χ0n) is 21.6. The molecule has 3 aromatic carbocycles. The number of rotatable bonds is 7. The molecule has 0 saturated heterocycles. The number of nitrogens with one attached hydrogen (secondary N) is 2. The molecule has 4 nitrogen and oxygen atoms in total. The predicted octanol–water partition coefficient (Wildman–Crippen LogP) is 8.62. The van der Waals surface area contributed by atoms with Gasteiger partial charge in [-0.15, -0.1) is 11.8 Å². The Kier molecular flexibility index (Phi) is 9.18. The van der Waals surface area contributed by atoms with Gasteiger partial charge in [-0.25, -0.2) is 0 Å². The molecule has 2 N–H and O–H groups in total. The number of benzene rings is 3. The number of nitriles is 1. The lowest BCUT2D eigenvalue weighted by Gasteiger charge is -2.20. The van der Waals surface area contributed by atoms with Crippen LogP contribution >= 0.6 is 23.4 Å². The van der Waals surface area contributed by atoms with Gasteiger partial charge in [-0.2, -0.15) is 18.4 Å². The van der Waals surface area contributed by atoms with Crippen molar-refractivity contribution in [2.24, 2.45) is 0 Å². The molecule has 0 atom stereocenters. The Morgan fingerprint density at radius 3 is 2.11 bits per heavy atom. The van der Waals surface area contributed by atoms with Gasteiger partial charge in [0.15, 0.2) is 0 Å². The maximum Gasteiger partial charge on any atom is 0.416 e. The van der Waals surface area contributed by atoms with E-state index in [4.69, 9.17) is 11.6 Å². The number of halogens is 4. The molecule has 0 aromatic heterocycles. The van der Waals surface area contributed by atoms with Crippen LogP contribution in [0.15, 0.2) is 59.1 Å². The lowest BCUT2D eigenvalue weighted by atomic mass is 9.90. The van der Waals surface area contributed by atoms with Gasteiger partial charge in [0, 0.05) is 11.4 Å². The van der Waals surface area contributed by atoms with Gasteiger partial charge in [-0.3, -0.25) is 4.79 Å². The lowest BCUT2D eigenvalue weighted by Crippen LogP contribution is -2.18. The Morgan fingerprint density at radius 1 is 0.921 bits per heavy atom. The molecule has 0 radical (unpaired) electrons. The molecule has 0 bridgehead atoms. The van der Waals surface area contributed by atoms with E-state index < -0.39 is 17.6 Å². The van der Waals surface area contributed by atoms with E-state index in [0.29, 0.717) is 16.5 Å². The number of thioether (sulfide) groups is 1. The molecular formula is C29H27ClF3N3OS. The SMILES string of the molecule is Cc1c(C)c(C)c(CS/C(Nc2ccccc2Cl)=C(/C#N)C(=O)Nc2cccc(C(F)(F)F)c2)c(C)c1C. The first-order valence-corrected chi connectivity index (χ1v) is 13.0. The Balaban J connectivity index is 2.02. The van der Waals surface area contributed by atoms with E-state index in [1.165, 1.54) is 40.6 Å². The molecule has 1 amide bonds. The molecule has 0 spiro atoms. The molecule has 3 aromatic rings. The molecule has 0 aliphatic rings. The fourth-order valence-corrected chi connectivity index (χ4v) is 5.34. The van der Waals surface area contributed by atoms with Crippen LogP contribution in [-0.2, 0) is 16.7 Å². The summed E-state index contributed by atoms with van der Waals surface area (Å²) in [7, 11) is 0. The minimum Gasteiger partial charge on any atom is -0.348 e. The van der Waals surface area contributed by atoms with E-state index in [1.54, 1.807) is 24.3 Å². The van der Waals surface area contributed by atoms with E-state index in [2.05, 4.69) is 31.4 Å². The normalized spacial score (nSPS) is 12.0. The van der Waals surface area contributed by atoms with Gasteiger partial charge in [0.05, 0.1) is 21.3 Å². The van der Waals surface area contributed by atoms with Gasteiger partial charge in [-0.05, 0) is 98.3 Å². The quantitative estimate of drug-likeness (QED) is 0.225. The smallest absolute Gasteiger partial charge is 0.348 e. The monoisotopic (exact) mass is 557 g/mol. The molecular weight excluding hydrogens is 531 g/mol. The highest BCUT2D eigenvalue weighted by Crippen LogP contribution is 2.35. The average Bonchev–Trinajstić information content (AvgIpc) is 2.87. The Hall–Kier alpha value is -3.41. The van der Waals surface area contributed by atoms with Crippen molar-refractivity contribution >= 4 is 40.6 Å². The highest BCUT2D eigenvalue weighted by Gasteiger charge is 2.30. The number of nitrogens with zero attached hydrogens (tertiary/aromatic N) is 1. The van der Waals surface area contributed by atoms with Gasteiger partial charge >= 0.3 is 6.18 Å². The van der Waals surface area contributed by atoms with Crippen molar-refractivity contribution in [1.29, 1.82) is 5.26 Å². The predicted molar refractivity (Wildman–Crippen MR) is 149 cm³/mol. The first-order valence-electron chi connectivity index (χ1n) is 11.7. The second-order valence-corrected chi connectivity index (χ2v) is 10.2. The van der Waals surface area contributed by atoms with Crippen molar-refractivity contribution < 1.29 is 18.0 Å². The summed E-state index contributed by atoms with van der Waals surface area (Å²) in [4.78, 5) is 13.2. The first kappa shape index (κ1) is 29.2. The average molecular weight is 558 g/mol. The summed E-state index contributed by atoms with van der Waals surface area (Å²) in [6.07, 6.45) is -4.57. The Labute approximate surface area is 229 Å². The van der Waals surface area contributed by atoms with Crippen molar-refractivity contribution in [2.75, 3.05) is 10.6 Å². The van der Waals surface area contributed by atoms with Crippen LogP contribution in [0.25, 0.3) is 0 Å². The molecule has 38 heavy (non-hydrogen) atoms. The van der Waals surface area contributed by atoms with Crippen molar-refractivity contribution in [3.63, 3.8) is 0 Å². The third-order valence-electron chi connectivity index (χ3n) is 6.65. The molecule has 0 fully saturated rings. The van der Waals surface area contributed by atoms with E-state index in [-0.39, 0.29) is 16.3 Å². The van der Waals surface area contributed by atoms with Crippen molar-refractivity contribution in [2.45, 2.75) is 46.5 Å². The second-order valence-electron chi connectivity index (χ2n) is 8.85. The number of anilines is 2. The minimum atomic E-state index is -4.57. The first-order chi connectivity index (χ1) is 17.8. The molecule has 0 aliphatic heterocycles. The third-order valence-corrected chi connectivity index (χ3v) is 8.01. The molecule has 3 rings (SSSR count). The maximum atomic E-state index is 13.2. The van der Waals surface area contributed by atoms with Crippen molar-refractivity contribution in [3.05, 3.63) is 103 Å². The van der Waals surface area contributed by atoms with Crippen LogP contribution in [0.4, 0.5) is 24.5 Å². The van der Waals surface area contributed by atoms with Crippen LogP contribution in [0, 0.1) is 45.9 Å². The number of hydrogen-bond acceptors (Lipinski definition) is 4. The molecule has 0 aliphatic carbocycles. The summed E-state index contributed by atoms with van der Waals surface area (Å²) >= 11 is 7.58. The van der Waals surface area contributed by atoms with Crippen LogP contribution in [0.2, 0.25) is 5.02 Å². The zero-order chi connectivity index (χ0) is 28.2. The Bertz CT molecular complexity index is 1430. The van der Waals surface area contributed by atoms with E-state index >= 15 is 0 Å². The largest absolute Gasteiger partial charge is 0.416 e. The summed E-state index contributed by atoms with van der Waals surface area (Å²) in [6.45, 7) is 10.3. The summed E-state index contributed by atoms with van der Waals surface area (Å²) in [5, 5.41) is 16.1. The third kappa shape index (κ3) is 6.53. The van der Waals surface area contributed by atoms with Crippen molar-refractivity contribution in [1.82, 2.24) is 0 Å². The number of carbonyl (C=O) groups excluding carboxylic acids is 1. The fourth-order valence-electron chi connectivity index (χ4n) is 3.97. The van der Waals surface area contributed by atoms with Gasteiger partial charge in [0.1, 0.15) is 11.6 Å². The molecule has 0 saturated carbocycles. The zero-order valence-corrected chi connectivity index (χ0v) is 23.2. The van der Waals surface area contributed by atoms with E-state index in [9.17, 15) is 23.2 Å². The van der Waals surface area contributed by atoms with Crippen LogP contribution in [0.1, 0.15) is 38.9 Å². The summed E-state index contributed by atoms with van der Waals surface area (Å²) < 4.78 is 39.4. The number of alkyl halides is 3. The van der Waals surface area contributed by atoms with Crippen LogP contribution in [-0.4, -0.2) is 5.91 Å². The van der Waals surface area contributed by atoms with Gasteiger partial charge in [-0.1, -0.05) is 29.8 Å². The van der Waals surface area contributed by atoms with Crippen LogP contribution in [0.5, 0.6) is 0 Å². The summed E-state index contributed by atoms with van der Waals surface area (Å²) in [5.74, 6) is -0.382. The topological polar surface area (TPSA) is 64.9 Å². The number of amides is 1. The molecule has 0 heterocycles. The number of para-hydroxylation sites is 1. The highest BCUT2D eigenvalue weighted by molar-refractivity contribution is 8.02. The van der Waals surface area contributed by atoms with Crippen LogP contribution < -0.4 is 10.6 Å². The second kappa shape index (κ2) is 12.0. The summed E-state index contributed by atoms with van der Waals surface area (Å²) in [5.41, 5.74) is 6.15. The molecule has 9 heteroatoms. The van der Waals surface area contributed by atoms with Gasteiger partial charge < -0.3 is 10.6 Å². The molecule has 0 unspecified atom stereocenters. The number of carbonyl (C=O) groups is 1. The van der Waals surface area contributed by atoms with Crippen LogP contribution in [0.3, 0.4) is 0 Å². The summed E-state index contributed by atoms with van der Waals surface area (Å²) in [6, 6.07) is 13.1. The minimum absolute atomic E-state index is 0.0730. The lowest BCUT2D eigenvalue weighted by molar-refractivity contribution is -0.137. The Morgan fingerprint density at radius 2 is 1.53 bits per heavy atom. The number of hydrogen-bond donors (Lipinski definition) is 2. The molecule has 198 valence electrons. The van der Waals surface area contributed by atoms with Crippen molar-refractivity contribution in [3.8, 4) is 6.07 Å². The van der Waals surface area contributed by atoms with Gasteiger partial charge in [0.2, 0.25) is 0 Å².